The Bertz CT molecular complexity index is 484. The topological polar surface area (TPSA) is 99.9 Å². The molecule has 0 bridgehead atoms. The molecule has 0 radical (unpaired) electrons. The Balaban J connectivity index is 1.40. The number of nitrogen functional groups attached to an aromatic ring is 1. The van der Waals surface area contributed by atoms with E-state index in [2.05, 4.69) is 25.4 Å². The molecule has 116 valence electrons. The molecular formula is C14H24N6O. The van der Waals surface area contributed by atoms with Gasteiger partial charge in [-0.25, -0.2) is 0 Å². The van der Waals surface area contributed by atoms with Gasteiger partial charge in [-0.15, -0.1) is 5.10 Å². The summed E-state index contributed by atoms with van der Waals surface area (Å²) in [7, 11) is 0. The lowest BCUT2D eigenvalue weighted by Crippen LogP contribution is -2.34. The van der Waals surface area contributed by atoms with E-state index in [9.17, 15) is 4.79 Å². The number of hydrogen-bond acceptors (Lipinski definition) is 5. The maximum atomic E-state index is 12.1. The number of hydrogen-bond donors (Lipinski definition) is 3. The van der Waals surface area contributed by atoms with Gasteiger partial charge in [0.1, 0.15) is 5.82 Å². The van der Waals surface area contributed by atoms with Crippen molar-refractivity contribution in [3.63, 3.8) is 0 Å². The van der Waals surface area contributed by atoms with Gasteiger partial charge >= 0.3 is 0 Å². The van der Waals surface area contributed by atoms with E-state index in [1.165, 1.54) is 12.8 Å². The van der Waals surface area contributed by atoms with Crippen LogP contribution in [0.2, 0.25) is 0 Å². The first-order valence-electron chi connectivity index (χ1n) is 7.88. The normalized spacial score (nSPS) is 23.3. The number of H-pyrrole nitrogens is 1. The Morgan fingerprint density at radius 2 is 2.19 bits per heavy atom. The van der Waals surface area contributed by atoms with Gasteiger partial charge in [0.05, 0.1) is 0 Å². The highest BCUT2D eigenvalue weighted by molar-refractivity contribution is 5.76. The highest BCUT2D eigenvalue weighted by atomic mass is 16.2. The van der Waals surface area contributed by atoms with Crippen LogP contribution in [0.15, 0.2) is 0 Å². The number of nitrogens with one attached hydrogen (secondary N) is 2. The van der Waals surface area contributed by atoms with Gasteiger partial charge in [-0.3, -0.25) is 9.89 Å². The number of aromatic amines is 1. The first-order valence-corrected chi connectivity index (χ1v) is 7.88. The predicted octanol–water partition coefficient (Wildman–Crippen LogP) is 0.310. The molecule has 0 spiro atoms. The van der Waals surface area contributed by atoms with E-state index in [0.29, 0.717) is 24.3 Å². The van der Waals surface area contributed by atoms with Crippen LogP contribution in [0.25, 0.3) is 0 Å². The molecule has 1 aliphatic heterocycles. The summed E-state index contributed by atoms with van der Waals surface area (Å²) in [5.74, 6) is 2.20. The molecule has 1 aliphatic carbocycles. The van der Waals surface area contributed by atoms with Crippen LogP contribution in [-0.4, -0.2) is 51.7 Å². The molecule has 1 saturated carbocycles. The molecular weight excluding hydrogens is 268 g/mol. The summed E-state index contributed by atoms with van der Waals surface area (Å²) in [6, 6.07) is 0.415. The van der Waals surface area contributed by atoms with E-state index in [0.717, 1.165) is 50.6 Å². The van der Waals surface area contributed by atoms with Gasteiger partial charge in [-0.05, 0) is 31.6 Å². The van der Waals surface area contributed by atoms with Gasteiger partial charge < -0.3 is 16.0 Å². The third-order valence-electron chi connectivity index (χ3n) is 4.33. The molecule has 1 aromatic heterocycles. The average molecular weight is 292 g/mol. The second-order valence-corrected chi connectivity index (χ2v) is 6.15. The number of amides is 1. The van der Waals surface area contributed by atoms with Crippen molar-refractivity contribution in [3.8, 4) is 0 Å². The monoisotopic (exact) mass is 292 g/mol. The van der Waals surface area contributed by atoms with Crippen LogP contribution in [0, 0.1) is 5.92 Å². The molecule has 7 heteroatoms. The summed E-state index contributed by atoms with van der Waals surface area (Å²) in [5, 5.41) is 10.1. The summed E-state index contributed by atoms with van der Waals surface area (Å²) < 4.78 is 0. The van der Waals surface area contributed by atoms with Gasteiger partial charge in [0, 0.05) is 38.5 Å². The fourth-order valence-corrected chi connectivity index (χ4v) is 2.86. The van der Waals surface area contributed by atoms with E-state index in [1.807, 2.05) is 0 Å². The Morgan fingerprint density at radius 1 is 1.33 bits per heavy atom. The zero-order valence-corrected chi connectivity index (χ0v) is 12.3. The Hall–Kier alpha value is -1.63. The lowest BCUT2D eigenvalue weighted by atomic mass is 10.1. The van der Waals surface area contributed by atoms with E-state index in [-0.39, 0.29) is 0 Å². The maximum absolute atomic E-state index is 12.1. The maximum Gasteiger partial charge on any atom is 0.239 e. The SMILES string of the molecule is Nc1n[nH]c(CCN[C@H]2CCC(=O)N(CC3CC3)CC2)n1. The standard InChI is InChI=1S/C14H24N6O/c15-14-17-12(18-19-14)5-7-16-11-3-4-13(21)20(8-6-11)9-10-1-2-10/h10-11,16H,1-9H2,(H3,15,17,18,19)/t11-/m0/s1. The van der Waals surface area contributed by atoms with Crippen LogP contribution in [0.3, 0.4) is 0 Å². The Labute approximate surface area is 124 Å². The van der Waals surface area contributed by atoms with Crippen molar-refractivity contribution in [2.24, 2.45) is 5.92 Å². The average Bonchev–Trinajstić information content (AvgIpc) is 3.22. The van der Waals surface area contributed by atoms with Crippen LogP contribution >= 0.6 is 0 Å². The molecule has 1 atom stereocenters. The van der Waals surface area contributed by atoms with Crippen molar-refractivity contribution in [2.75, 3.05) is 25.4 Å². The summed E-state index contributed by atoms with van der Waals surface area (Å²) in [6.07, 6.45) is 6.01. The fourth-order valence-electron chi connectivity index (χ4n) is 2.86. The molecule has 2 fully saturated rings. The molecule has 21 heavy (non-hydrogen) atoms. The van der Waals surface area contributed by atoms with Gasteiger partial charge in [0.15, 0.2) is 0 Å². The molecule has 7 nitrogen and oxygen atoms in total. The third-order valence-corrected chi connectivity index (χ3v) is 4.33. The molecule has 1 aromatic rings. The Morgan fingerprint density at radius 3 is 2.90 bits per heavy atom. The van der Waals surface area contributed by atoms with Gasteiger partial charge in [-0.2, -0.15) is 4.98 Å². The number of nitrogens with two attached hydrogens (primary N) is 1. The highest BCUT2D eigenvalue weighted by Gasteiger charge is 2.28. The van der Waals surface area contributed by atoms with Gasteiger partial charge in [-0.1, -0.05) is 0 Å². The summed E-state index contributed by atoms with van der Waals surface area (Å²) in [4.78, 5) is 18.2. The van der Waals surface area contributed by atoms with Crippen LogP contribution in [-0.2, 0) is 11.2 Å². The van der Waals surface area contributed by atoms with Crippen molar-refractivity contribution in [2.45, 2.75) is 44.6 Å². The second kappa shape index (κ2) is 6.43. The fraction of sp³-hybridized carbons (Fsp3) is 0.786. The Kier molecular flexibility index (Phi) is 4.38. The number of carbonyl (C=O) groups excluding carboxylic acids is 1. The lowest BCUT2D eigenvalue weighted by molar-refractivity contribution is -0.130. The van der Waals surface area contributed by atoms with Crippen LogP contribution in [0.4, 0.5) is 5.95 Å². The van der Waals surface area contributed by atoms with Crippen molar-refractivity contribution in [1.82, 2.24) is 25.4 Å². The van der Waals surface area contributed by atoms with Crippen molar-refractivity contribution in [3.05, 3.63) is 5.82 Å². The molecule has 0 aromatic carbocycles. The third kappa shape index (κ3) is 4.17. The van der Waals surface area contributed by atoms with Gasteiger partial charge in [0.2, 0.25) is 11.9 Å². The van der Waals surface area contributed by atoms with E-state index in [4.69, 9.17) is 5.73 Å². The van der Waals surface area contributed by atoms with E-state index < -0.39 is 0 Å². The number of nitrogens with zero attached hydrogens (tertiary/aromatic N) is 3. The number of aromatic nitrogens is 3. The minimum Gasteiger partial charge on any atom is -0.367 e. The summed E-state index contributed by atoms with van der Waals surface area (Å²) in [6.45, 7) is 2.70. The summed E-state index contributed by atoms with van der Waals surface area (Å²) in [5.41, 5.74) is 5.47. The lowest BCUT2D eigenvalue weighted by Gasteiger charge is -2.20. The molecule has 1 amide bonds. The molecule has 0 unspecified atom stereocenters. The molecule has 4 N–H and O–H groups in total. The number of likely N-dealkylation sites (tertiary alicyclic amines) is 1. The van der Waals surface area contributed by atoms with Crippen LogP contribution in [0.1, 0.15) is 37.9 Å². The van der Waals surface area contributed by atoms with E-state index in [1.54, 1.807) is 0 Å². The van der Waals surface area contributed by atoms with E-state index >= 15 is 0 Å². The van der Waals surface area contributed by atoms with Gasteiger partial charge in [0.25, 0.3) is 0 Å². The number of carbonyl (C=O) groups is 1. The quantitative estimate of drug-likeness (QED) is 0.700. The molecule has 2 heterocycles. The number of rotatable bonds is 6. The molecule has 2 aliphatic rings. The first-order chi connectivity index (χ1) is 10.2. The van der Waals surface area contributed by atoms with Crippen LogP contribution < -0.4 is 11.1 Å². The molecule has 1 saturated heterocycles. The predicted molar refractivity (Wildman–Crippen MR) is 79.4 cm³/mol. The zero-order chi connectivity index (χ0) is 14.7. The smallest absolute Gasteiger partial charge is 0.239 e. The van der Waals surface area contributed by atoms with Crippen molar-refractivity contribution < 1.29 is 4.79 Å². The highest BCUT2D eigenvalue weighted by Crippen LogP contribution is 2.30. The minimum atomic E-state index is 0.292. The second-order valence-electron chi connectivity index (χ2n) is 6.15. The zero-order valence-electron chi connectivity index (χ0n) is 12.3. The number of anilines is 1. The molecule has 3 rings (SSSR count). The van der Waals surface area contributed by atoms with Crippen LogP contribution in [0.5, 0.6) is 0 Å². The largest absolute Gasteiger partial charge is 0.367 e. The van der Waals surface area contributed by atoms with Crippen molar-refractivity contribution >= 4 is 11.9 Å². The summed E-state index contributed by atoms with van der Waals surface area (Å²) >= 11 is 0. The first kappa shape index (κ1) is 14.3. The minimum absolute atomic E-state index is 0.292. The van der Waals surface area contributed by atoms with Crippen molar-refractivity contribution in [1.29, 1.82) is 0 Å².